The highest BCUT2D eigenvalue weighted by Crippen LogP contribution is 2.23. The first-order chi connectivity index (χ1) is 10.1. The number of nitrogens with two attached hydrogens (primary N) is 1. The average molecular weight is 307 g/mol. The molecule has 0 atom stereocenters. The van der Waals surface area contributed by atoms with E-state index in [1.54, 1.807) is 30.3 Å². The highest BCUT2D eigenvalue weighted by molar-refractivity contribution is 7.92. The van der Waals surface area contributed by atoms with E-state index in [0.717, 1.165) is 0 Å². The zero-order valence-electron chi connectivity index (χ0n) is 11.6. The number of nitrogens with one attached hydrogen (secondary N) is 1. The molecule has 1 heterocycles. The van der Waals surface area contributed by atoms with Crippen LogP contribution in [0.15, 0.2) is 47.5 Å². The molecule has 3 N–H and O–H groups in total. The van der Waals surface area contributed by atoms with Crippen molar-refractivity contribution in [3.63, 3.8) is 0 Å². The van der Waals surface area contributed by atoms with Crippen molar-refractivity contribution < 1.29 is 13.2 Å². The lowest BCUT2D eigenvalue weighted by Crippen LogP contribution is -2.17. The number of hydrogen-bond donors (Lipinski definition) is 2. The van der Waals surface area contributed by atoms with Gasteiger partial charge in [-0.2, -0.15) is 0 Å². The maximum absolute atomic E-state index is 12.5. The van der Waals surface area contributed by atoms with E-state index in [0.29, 0.717) is 24.3 Å². The molecular formula is C14H17N3O3S. The van der Waals surface area contributed by atoms with Crippen LogP contribution >= 0.6 is 0 Å². The summed E-state index contributed by atoms with van der Waals surface area (Å²) in [5.74, 6) is 0.863. The maximum Gasteiger partial charge on any atom is 0.263 e. The predicted octanol–water partition coefficient (Wildman–Crippen LogP) is 1.39. The second kappa shape index (κ2) is 6.55. The van der Waals surface area contributed by atoms with Crippen LogP contribution in [0, 0.1) is 0 Å². The highest BCUT2D eigenvalue weighted by atomic mass is 32.2. The van der Waals surface area contributed by atoms with Crippen LogP contribution < -0.4 is 15.2 Å². The number of benzene rings is 1. The van der Waals surface area contributed by atoms with E-state index in [4.69, 9.17) is 10.5 Å². The molecule has 0 saturated carbocycles. The van der Waals surface area contributed by atoms with Gasteiger partial charge >= 0.3 is 0 Å². The average Bonchev–Trinajstić information content (AvgIpc) is 2.48. The molecule has 6 nitrogen and oxygen atoms in total. The fourth-order valence-electron chi connectivity index (χ4n) is 1.91. The van der Waals surface area contributed by atoms with Crippen molar-refractivity contribution >= 4 is 15.8 Å². The van der Waals surface area contributed by atoms with E-state index in [-0.39, 0.29) is 10.7 Å². The number of rotatable bonds is 6. The number of anilines is 1. The van der Waals surface area contributed by atoms with Gasteiger partial charge in [0.2, 0.25) is 0 Å². The summed E-state index contributed by atoms with van der Waals surface area (Å²) in [5.41, 5.74) is 6.16. The first kappa shape index (κ1) is 15.3. The van der Waals surface area contributed by atoms with Crippen LogP contribution in [-0.4, -0.2) is 27.1 Å². The van der Waals surface area contributed by atoms with Gasteiger partial charge in [-0.3, -0.25) is 4.72 Å². The number of nitrogens with zero attached hydrogens (tertiary/aromatic N) is 1. The first-order valence-electron chi connectivity index (χ1n) is 6.37. The normalized spacial score (nSPS) is 11.1. The maximum atomic E-state index is 12.5. The van der Waals surface area contributed by atoms with Crippen LogP contribution in [0.25, 0.3) is 0 Å². The monoisotopic (exact) mass is 307 g/mol. The number of ether oxygens (including phenoxy) is 1. The van der Waals surface area contributed by atoms with Crippen LogP contribution in [0.4, 0.5) is 5.82 Å². The van der Waals surface area contributed by atoms with Gasteiger partial charge in [0.25, 0.3) is 10.0 Å². The Bertz CT molecular complexity index is 703. The molecule has 2 rings (SSSR count). The fourth-order valence-corrected chi connectivity index (χ4v) is 3.17. The minimum Gasteiger partial charge on any atom is -0.497 e. The zero-order valence-corrected chi connectivity index (χ0v) is 12.4. The molecule has 0 saturated heterocycles. The van der Waals surface area contributed by atoms with Gasteiger partial charge in [-0.25, -0.2) is 13.4 Å². The van der Waals surface area contributed by atoms with Crippen molar-refractivity contribution in [1.29, 1.82) is 0 Å². The summed E-state index contributed by atoms with van der Waals surface area (Å²) in [4.78, 5) is 4.14. The van der Waals surface area contributed by atoms with Crippen molar-refractivity contribution in [3.05, 3.63) is 48.2 Å². The summed E-state index contributed by atoms with van der Waals surface area (Å²) in [6.07, 6.45) is 1.96. The van der Waals surface area contributed by atoms with Gasteiger partial charge in [0.05, 0.1) is 12.0 Å². The van der Waals surface area contributed by atoms with Crippen molar-refractivity contribution in [1.82, 2.24) is 4.98 Å². The molecule has 0 amide bonds. The Balaban J connectivity index is 2.39. The number of hydrogen-bond acceptors (Lipinski definition) is 5. The molecule has 21 heavy (non-hydrogen) atoms. The largest absolute Gasteiger partial charge is 0.497 e. The fraction of sp³-hybridized carbons (Fsp3) is 0.214. The Morgan fingerprint density at radius 1 is 1.29 bits per heavy atom. The van der Waals surface area contributed by atoms with E-state index in [2.05, 4.69) is 9.71 Å². The third kappa shape index (κ3) is 3.71. The molecule has 0 radical (unpaired) electrons. The van der Waals surface area contributed by atoms with Gasteiger partial charge in [0.15, 0.2) is 0 Å². The summed E-state index contributed by atoms with van der Waals surface area (Å²) >= 11 is 0. The number of sulfonamides is 1. The lowest BCUT2D eigenvalue weighted by molar-refractivity contribution is 0.414. The molecule has 0 aliphatic rings. The van der Waals surface area contributed by atoms with E-state index in [9.17, 15) is 8.42 Å². The van der Waals surface area contributed by atoms with Crippen molar-refractivity contribution in [2.75, 3.05) is 18.4 Å². The van der Waals surface area contributed by atoms with E-state index in [1.165, 1.54) is 19.4 Å². The Labute approximate surface area is 124 Å². The first-order valence-corrected chi connectivity index (χ1v) is 7.86. The van der Waals surface area contributed by atoms with E-state index in [1.807, 2.05) is 0 Å². The van der Waals surface area contributed by atoms with Crippen molar-refractivity contribution in [2.24, 2.45) is 5.73 Å². The predicted molar refractivity (Wildman–Crippen MR) is 80.8 cm³/mol. The molecule has 7 heteroatoms. The van der Waals surface area contributed by atoms with Gasteiger partial charge in [-0.15, -0.1) is 0 Å². The van der Waals surface area contributed by atoms with Gasteiger partial charge in [-0.05, 0) is 48.9 Å². The Morgan fingerprint density at radius 2 is 2.10 bits per heavy atom. The zero-order chi connectivity index (χ0) is 15.3. The second-order valence-corrected chi connectivity index (χ2v) is 5.98. The van der Waals surface area contributed by atoms with Crippen LogP contribution in [0.3, 0.4) is 0 Å². The summed E-state index contributed by atoms with van der Waals surface area (Å²) in [7, 11) is -2.19. The summed E-state index contributed by atoms with van der Waals surface area (Å²) in [5, 5.41) is 0. The van der Waals surface area contributed by atoms with Crippen LogP contribution in [0.5, 0.6) is 5.75 Å². The quantitative estimate of drug-likeness (QED) is 0.841. The molecular weight excluding hydrogens is 290 g/mol. The molecule has 0 bridgehead atoms. The Hall–Kier alpha value is -2.12. The molecule has 0 aliphatic heterocycles. The van der Waals surface area contributed by atoms with Crippen LogP contribution in [0.2, 0.25) is 0 Å². The Kier molecular flexibility index (Phi) is 4.77. The Morgan fingerprint density at radius 3 is 2.71 bits per heavy atom. The van der Waals surface area contributed by atoms with Crippen LogP contribution in [-0.2, 0) is 16.4 Å². The number of pyridine rings is 1. The molecule has 112 valence electrons. The smallest absolute Gasteiger partial charge is 0.263 e. The summed E-state index contributed by atoms with van der Waals surface area (Å²) in [6, 6.07) is 9.80. The minimum absolute atomic E-state index is 0.180. The van der Waals surface area contributed by atoms with Gasteiger partial charge in [0, 0.05) is 6.20 Å². The third-order valence-corrected chi connectivity index (χ3v) is 4.33. The lowest BCUT2D eigenvalue weighted by atomic mass is 10.1. The van der Waals surface area contributed by atoms with Gasteiger partial charge < -0.3 is 10.5 Å². The van der Waals surface area contributed by atoms with E-state index >= 15 is 0 Å². The standard InChI is InChI=1S/C14H17N3O3S/c1-20-12-5-6-13(11(10-12)7-8-15)21(18,19)17-14-4-2-3-9-16-14/h2-6,9-10H,7-8,15H2,1H3,(H,16,17). The van der Waals surface area contributed by atoms with Crippen LogP contribution in [0.1, 0.15) is 5.56 Å². The third-order valence-electron chi connectivity index (χ3n) is 2.87. The van der Waals surface area contributed by atoms with Gasteiger partial charge in [-0.1, -0.05) is 6.07 Å². The van der Waals surface area contributed by atoms with Gasteiger partial charge in [0.1, 0.15) is 11.6 Å². The van der Waals surface area contributed by atoms with Crippen molar-refractivity contribution in [2.45, 2.75) is 11.3 Å². The molecule has 0 spiro atoms. The highest BCUT2D eigenvalue weighted by Gasteiger charge is 2.19. The topological polar surface area (TPSA) is 94.3 Å². The molecule has 0 fully saturated rings. The minimum atomic E-state index is -3.71. The lowest BCUT2D eigenvalue weighted by Gasteiger charge is -2.12. The molecule has 0 aliphatic carbocycles. The number of aromatic nitrogens is 1. The molecule has 2 aromatic rings. The second-order valence-electron chi connectivity index (χ2n) is 4.33. The molecule has 1 aromatic carbocycles. The summed E-state index contributed by atoms with van der Waals surface area (Å²) in [6.45, 7) is 0.347. The van der Waals surface area contributed by atoms with Crippen molar-refractivity contribution in [3.8, 4) is 5.75 Å². The summed E-state index contributed by atoms with van der Waals surface area (Å²) < 4.78 is 32.5. The molecule has 0 unspecified atom stereocenters. The van der Waals surface area contributed by atoms with E-state index < -0.39 is 10.0 Å². The number of methoxy groups -OCH3 is 1. The molecule has 1 aromatic heterocycles. The SMILES string of the molecule is COc1ccc(S(=O)(=O)Nc2ccccn2)c(CCN)c1.